The van der Waals surface area contributed by atoms with Gasteiger partial charge in [0.1, 0.15) is 0 Å². The van der Waals surface area contributed by atoms with Gasteiger partial charge in [-0.3, -0.25) is 9.48 Å². The second-order valence-corrected chi connectivity index (χ2v) is 4.92. The number of benzene rings is 1. The summed E-state index contributed by atoms with van der Waals surface area (Å²) < 4.78 is 1.77. The molecule has 1 atom stereocenters. The Bertz CT molecular complexity index is 550. The third-order valence-corrected chi connectivity index (χ3v) is 2.96. The average Bonchev–Trinajstić information content (AvgIpc) is 2.83. The first-order chi connectivity index (χ1) is 9.63. The molecule has 0 saturated heterocycles. The van der Waals surface area contributed by atoms with Gasteiger partial charge in [0.15, 0.2) is 0 Å². The minimum Gasteiger partial charge on any atom is -0.326 e. The minimum atomic E-state index is 0.0161. The summed E-state index contributed by atoms with van der Waals surface area (Å²) in [6.45, 7) is 2.72. The summed E-state index contributed by atoms with van der Waals surface area (Å²) in [5.74, 6) is 0.0161. The second-order valence-electron chi connectivity index (χ2n) is 4.92. The molecule has 0 spiro atoms. The molecule has 2 N–H and O–H groups in total. The van der Waals surface area contributed by atoms with Crippen molar-refractivity contribution < 1.29 is 4.79 Å². The lowest BCUT2D eigenvalue weighted by Crippen LogP contribution is -2.30. The van der Waals surface area contributed by atoms with Crippen LogP contribution in [0.2, 0.25) is 0 Å². The number of carbonyl (C=O) groups excluding carboxylic acids is 1. The second kappa shape index (κ2) is 6.86. The molecule has 1 aromatic carbocycles. The van der Waals surface area contributed by atoms with Crippen LogP contribution in [0.5, 0.6) is 0 Å². The summed E-state index contributed by atoms with van der Waals surface area (Å²) in [5, 5.41) is 10.3. The van der Waals surface area contributed by atoms with E-state index in [0.717, 1.165) is 11.3 Å². The van der Waals surface area contributed by atoms with Crippen LogP contribution in [0.3, 0.4) is 0 Å². The number of carbonyl (C=O) groups is 1. The van der Waals surface area contributed by atoms with Crippen LogP contribution in [0.1, 0.15) is 18.9 Å². The van der Waals surface area contributed by atoms with E-state index in [-0.39, 0.29) is 11.9 Å². The number of anilines is 1. The highest BCUT2D eigenvalue weighted by Crippen LogP contribution is 2.06. The van der Waals surface area contributed by atoms with Crippen LogP contribution in [-0.2, 0) is 18.4 Å². The minimum absolute atomic E-state index is 0.0161. The van der Waals surface area contributed by atoms with Crippen LogP contribution in [0.15, 0.2) is 42.7 Å². The Hall–Kier alpha value is -2.14. The molecular formula is C15H20N4O. The molecule has 0 aliphatic carbocycles. The van der Waals surface area contributed by atoms with Crippen LogP contribution in [-0.4, -0.2) is 21.7 Å². The molecule has 1 aromatic heterocycles. The van der Waals surface area contributed by atoms with Gasteiger partial charge in [-0.25, -0.2) is 0 Å². The maximum absolute atomic E-state index is 11.9. The van der Waals surface area contributed by atoms with Crippen molar-refractivity contribution in [1.29, 1.82) is 0 Å². The first kappa shape index (κ1) is 14.3. The van der Waals surface area contributed by atoms with E-state index in [4.69, 9.17) is 0 Å². The third kappa shape index (κ3) is 4.51. The third-order valence-electron chi connectivity index (χ3n) is 2.96. The molecule has 2 aromatic rings. The fourth-order valence-electron chi connectivity index (χ4n) is 1.94. The Kier molecular flexibility index (Phi) is 4.90. The topological polar surface area (TPSA) is 59.0 Å². The maximum Gasteiger partial charge on any atom is 0.225 e. The lowest BCUT2D eigenvalue weighted by atomic mass is 10.2. The van der Waals surface area contributed by atoms with E-state index in [1.807, 2.05) is 56.7 Å². The van der Waals surface area contributed by atoms with Crippen molar-refractivity contribution in [2.45, 2.75) is 25.9 Å². The first-order valence-corrected chi connectivity index (χ1v) is 6.69. The molecule has 2 rings (SSSR count). The van der Waals surface area contributed by atoms with Crippen molar-refractivity contribution in [3.63, 3.8) is 0 Å². The Labute approximate surface area is 119 Å². The molecule has 1 heterocycles. The van der Waals surface area contributed by atoms with Gasteiger partial charge in [-0.15, -0.1) is 0 Å². The number of hydrogen-bond acceptors (Lipinski definition) is 3. The number of hydrogen-bond donors (Lipinski definition) is 2. The summed E-state index contributed by atoms with van der Waals surface area (Å²) >= 11 is 0. The Balaban J connectivity index is 1.73. The lowest BCUT2D eigenvalue weighted by Gasteiger charge is -2.13. The standard InChI is InChI=1S/C15H20N4O/c1-12(16-9-13-10-17-19(2)11-13)8-15(20)18-14-6-4-3-5-7-14/h3-7,10-12,16H,8-9H2,1-2H3,(H,18,20). The van der Waals surface area contributed by atoms with Crippen molar-refractivity contribution in [2.24, 2.45) is 7.05 Å². The number of aryl methyl sites for hydroxylation is 1. The smallest absolute Gasteiger partial charge is 0.225 e. The van der Waals surface area contributed by atoms with E-state index >= 15 is 0 Å². The van der Waals surface area contributed by atoms with Gasteiger partial charge in [-0.2, -0.15) is 5.10 Å². The van der Waals surface area contributed by atoms with E-state index in [0.29, 0.717) is 13.0 Å². The summed E-state index contributed by atoms with van der Waals surface area (Å²) in [5.41, 5.74) is 1.94. The van der Waals surface area contributed by atoms with Crippen molar-refractivity contribution in [1.82, 2.24) is 15.1 Å². The van der Waals surface area contributed by atoms with E-state index in [1.54, 1.807) is 4.68 Å². The number of nitrogens with zero attached hydrogens (tertiary/aromatic N) is 2. The molecule has 5 heteroatoms. The van der Waals surface area contributed by atoms with Crippen molar-refractivity contribution in [3.8, 4) is 0 Å². The molecule has 5 nitrogen and oxygen atoms in total. The molecule has 1 amide bonds. The summed E-state index contributed by atoms with van der Waals surface area (Å²) in [7, 11) is 1.89. The van der Waals surface area contributed by atoms with Crippen LogP contribution in [0.4, 0.5) is 5.69 Å². The Morgan fingerprint density at radius 1 is 1.35 bits per heavy atom. The SMILES string of the molecule is CC(CC(=O)Nc1ccccc1)NCc1cnn(C)c1. The van der Waals surface area contributed by atoms with Crippen LogP contribution < -0.4 is 10.6 Å². The van der Waals surface area contributed by atoms with Gasteiger partial charge in [-0.05, 0) is 19.1 Å². The van der Waals surface area contributed by atoms with Crippen molar-refractivity contribution >= 4 is 11.6 Å². The summed E-state index contributed by atoms with van der Waals surface area (Å²) in [4.78, 5) is 11.9. The number of para-hydroxylation sites is 1. The highest BCUT2D eigenvalue weighted by molar-refractivity contribution is 5.90. The quantitative estimate of drug-likeness (QED) is 0.844. The Morgan fingerprint density at radius 2 is 2.10 bits per heavy atom. The van der Waals surface area contributed by atoms with Crippen LogP contribution in [0, 0.1) is 0 Å². The molecule has 0 aliphatic rings. The van der Waals surface area contributed by atoms with Gasteiger partial charge in [0, 0.05) is 43.5 Å². The maximum atomic E-state index is 11.9. The summed E-state index contributed by atoms with van der Waals surface area (Å²) in [6.07, 6.45) is 4.22. The van der Waals surface area contributed by atoms with Gasteiger partial charge in [0.2, 0.25) is 5.91 Å². The van der Waals surface area contributed by atoms with E-state index in [1.165, 1.54) is 0 Å². The van der Waals surface area contributed by atoms with Gasteiger partial charge < -0.3 is 10.6 Å². The van der Waals surface area contributed by atoms with Gasteiger partial charge in [0.05, 0.1) is 6.20 Å². The molecule has 106 valence electrons. The highest BCUT2D eigenvalue weighted by atomic mass is 16.1. The van der Waals surface area contributed by atoms with E-state index in [2.05, 4.69) is 15.7 Å². The molecule has 0 aliphatic heterocycles. The predicted octanol–water partition coefficient (Wildman–Crippen LogP) is 1.93. The average molecular weight is 272 g/mol. The van der Waals surface area contributed by atoms with Crippen LogP contribution in [0.25, 0.3) is 0 Å². The van der Waals surface area contributed by atoms with Gasteiger partial charge >= 0.3 is 0 Å². The van der Waals surface area contributed by atoms with Crippen LogP contribution >= 0.6 is 0 Å². The number of aromatic nitrogens is 2. The predicted molar refractivity (Wildman–Crippen MR) is 79.2 cm³/mol. The molecule has 0 fully saturated rings. The molecule has 0 radical (unpaired) electrons. The fraction of sp³-hybridized carbons (Fsp3) is 0.333. The molecule has 0 bridgehead atoms. The first-order valence-electron chi connectivity index (χ1n) is 6.69. The normalized spacial score (nSPS) is 12.1. The molecular weight excluding hydrogens is 252 g/mol. The number of rotatable bonds is 6. The van der Waals surface area contributed by atoms with Crippen molar-refractivity contribution in [3.05, 3.63) is 48.3 Å². The largest absolute Gasteiger partial charge is 0.326 e. The molecule has 1 unspecified atom stereocenters. The number of nitrogens with one attached hydrogen (secondary N) is 2. The zero-order valence-corrected chi connectivity index (χ0v) is 11.8. The van der Waals surface area contributed by atoms with Gasteiger partial charge in [0.25, 0.3) is 0 Å². The van der Waals surface area contributed by atoms with E-state index < -0.39 is 0 Å². The number of amides is 1. The zero-order valence-electron chi connectivity index (χ0n) is 11.8. The zero-order chi connectivity index (χ0) is 14.4. The monoisotopic (exact) mass is 272 g/mol. The lowest BCUT2D eigenvalue weighted by molar-refractivity contribution is -0.116. The summed E-state index contributed by atoms with van der Waals surface area (Å²) in [6, 6.07) is 9.60. The molecule has 20 heavy (non-hydrogen) atoms. The fourth-order valence-corrected chi connectivity index (χ4v) is 1.94. The highest BCUT2D eigenvalue weighted by Gasteiger charge is 2.09. The molecule has 0 saturated carbocycles. The van der Waals surface area contributed by atoms with Crippen molar-refractivity contribution in [2.75, 3.05) is 5.32 Å². The van der Waals surface area contributed by atoms with Gasteiger partial charge in [-0.1, -0.05) is 18.2 Å². The van der Waals surface area contributed by atoms with E-state index in [9.17, 15) is 4.79 Å². The Morgan fingerprint density at radius 3 is 2.75 bits per heavy atom.